The standard InChI is InChI=1S/C16H19BrN2O2/c1-20-15-5-3-2-4-14(15)19-10-8-18(9-11-19)12-13-6-7-16(17)21-13/h2-7H,8-12H2,1H3/p+1. The van der Waals surface area contributed by atoms with Crippen molar-refractivity contribution in [2.24, 2.45) is 0 Å². The Morgan fingerprint density at radius 1 is 1.19 bits per heavy atom. The summed E-state index contributed by atoms with van der Waals surface area (Å²) >= 11 is 3.35. The molecule has 0 atom stereocenters. The zero-order chi connectivity index (χ0) is 14.7. The first-order valence-corrected chi connectivity index (χ1v) is 8.01. The van der Waals surface area contributed by atoms with E-state index in [9.17, 15) is 0 Å². The highest BCUT2D eigenvalue weighted by molar-refractivity contribution is 9.10. The fraction of sp³-hybridized carbons (Fsp3) is 0.375. The second-order valence-corrected chi connectivity index (χ2v) is 6.07. The summed E-state index contributed by atoms with van der Waals surface area (Å²) in [4.78, 5) is 3.96. The number of anilines is 1. The average molecular weight is 352 g/mol. The Morgan fingerprint density at radius 3 is 2.62 bits per heavy atom. The van der Waals surface area contributed by atoms with Crippen molar-refractivity contribution in [3.05, 3.63) is 46.8 Å². The molecule has 2 heterocycles. The van der Waals surface area contributed by atoms with E-state index in [-0.39, 0.29) is 0 Å². The maximum atomic E-state index is 5.60. The Hall–Kier alpha value is -1.46. The maximum absolute atomic E-state index is 5.60. The number of nitrogens with zero attached hydrogens (tertiary/aromatic N) is 1. The molecule has 0 aliphatic carbocycles. The van der Waals surface area contributed by atoms with Gasteiger partial charge in [-0.25, -0.2) is 0 Å². The minimum absolute atomic E-state index is 0.810. The van der Waals surface area contributed by atoms with E-state index in [1.54, 1.807) is 12.0 Å². The molecule has 1 saturated heterocycles. The molecule has 1 aromatic heterocycles. The predicted molar refractivity (Wildman–Crippen MR) is 86.0 cm³/mol. The fourth-order valence-electron chi connectivity index (χ4n) is 2.82. The minimum atomic E-state index is 0.810. The molecular formula is C16H20BrN2O2+. The van der Waals surface area contributed by atoms with Crippen LogP contribution in [0.2, 0.25) is 0 Å². The molecular weight excluding hydrogens is 332 g/mol. The molecule has 0 unspecified atom stereocenters. The Labute approximate surface area is 133 Å². The molecule has 0 amide bonds. The zero-order valence-electron chi connectivity index (χ0n) is 12.1. The lowest BCUT2D eigenvalue weighted by atomic mass is 10.2. The van der Waals surface area contributed by atoms with E-state index >= 15 is 0 Å². The molecule has 1 N–H and O–H groups in total. The predicted octanol–water partition coefficient (Wildman–Crippen LogP) is 1.96. The van der Waals surface area contributed by atoms with Crippen molar-refractivity contribution in [1.82, 2.24) is 0 Å². The second-order valence-electron chi connectivity index (χ2n) is 5.29. The van der Waals surface area contributed by atoms with Crippen LogP contribution in [0.4, 0.5) is 5.69 Å². The third-order valence-electron chi connectivity index (χ3n) is 3.95. The first kappa shape index (κ1) is 14.5. The first-order valence-electron chi connectivity index (χ1n) is 7.22. The molecule has 112 valence electrons. The number of hydrogen-bond donors (Lipinski definition) is 1. The molecule has 21 heavy (non-hydrogen) atoms. The van der Waals surface area contributed by atoms with Crippen LogP contribution in [-0.4, -0.2) is 33.3 Å². The lowest BCUT2D eigenvalue weighted by Gasteiger charge is -2.33. The van der Waals surface area contributed by atoms with Gasteiger partial charge < -0.3 is 19.0 Å². The Kier molecular flexibility index (Phi) is 4.51. The quantitative estimate of drug-likeness (QED) is 0.913. The van der Waals surface area contributed by atoms with Gasteiger partial charge in [0.1, 0.15) is 12.3 Å². The summed E-state index contributed by atoms with van der Waals surface area (Å²) in [5, 5.41) is 0. The molecule has 0 bridgehead atoms. The highest BCUT2D eigenvalue weighted by Gasteiger charge is 2.22. The number of nitrogens with one attached hydrogen (secondary N) is 1. The number of halogens is 1. The van der Waals surface area contributed by atoms with Crippen LogP contribution in [-0.2, 0) is 6.54 Å². The van der Waals surface area contributed by atoms with Crippen LogP contribution >= 0.6 is 15.9 Å². The summed E-state index contributed by atoms with van der Waals surface area (Å²) in [6.45, 7) is 5.24. The second kappa shape index (κ2) is 6.54. The number of rotatable bonds is 4. The highest BCUT2D eigenvalue weighted by Crippen LogP contribution is 2.27. The molecule has 2 aromatic rings. The Bertz CT molecular complexity index is 591. The third-order valence-corrected chi connectivity index (χ3v) is 4.38. The lowest BCUT2D eigenvalue weighted by Crippen LogP contribution is -3.13. The molecule has 1 aliphatic heterocycles. The summed E-state index contributed by atoms with van der Waals surface area (Å²) < 4.78 is 11.9. The molecule has 4 nitrogen and oxygen atoms in total. The van der Waals surface area contributed by atoms with Gasteiger partial charge in [-0.05, 0) is 40.2 Å². The normalized spacial score (nSPS) is 16.2. The lowest BCUT2D eigenvalue weighted by molar-refractivity contribution is -0.915. The van der Waals surface area contributed by atoms with Gasteiger partial charge in [-0.15, -0.1) is 0 Å². The minimum Gasteiger partial charge on any atom is -0.495 e. The van der Waals surface area contributed by atoms with Crippen molar-refractivity contribution < 1.29 is 14.1 Å². The number of furan rings is 1. The van der Waals surface area contributed by atoms with Gasteiger partial charge in [-0.3, -0.25) is 0 Å². The summed E-state index contributed by atoms with van der Waals surface area (Å²) in [5.41, 5.74) is 1.19. The van der Waals surface area contributed by atoms with E-state index < -0.39 is 0 Å². The monoisotopic (exact) mass is 351 g/mol. The number of piperazine rings is 1. The van der Waals surface area contributed by atoms with Crippen molar-refractivity contribution in [3.8, 4) is 5.75 Å². The van der Waals surface area contributed by atoms with E-state index in [0.29, 0.717) is 0 Å². The average Bonchev–Trinajstić information content (AvgIpc) is 2.93. The van der Waals surface area contributed by atoms with Gasteiger partial charge in [-0.1, -0.05) is 12.1 Å². The SMILES string of the molecule is COc1ccccc1N1CC[NH+](Cc2ccc(Br)o2)CC1. The van der Waals surface area contributed by atoms with Gasteiger partial charge in [0.15, 0.2) is 10.4 Å². The number of methoxy groups -OCH3 is 1. The van der Waals surface area contributed by atoms with E-state index in [0.717, 1.165) is 48.9 Å². The molecule has 0 radical (unpaired) electrons. The van der Waals surface area contributed by atoms with Crippen LogP contribution in [0.1, 0.15) is 5.76 Å². The Balaban J connectivity index is 1.60. The zero-order valence-corrected chi connectivity index (χ0v) is 13.7. The molecule has 1 aromatic carbocycles. The van der Waals surface area contributed by atoms with Crippen LogP contribution in [0.3, 0.4) is 0 Å². The van der Waals surface area contributed by atoms with Gasteiger partial charge in [-0.2, -0.15) is 0 Å². The molecule has 5 heteroatoms. The largest absolute Gasteiger partial charge is 0.495 e. The van der Waals surface area contributed by atoms with Crippen molar-refractivity contribution >= 4 is 21.6 Å². The van der Waals surface area contributed by atoms with Gasteiger partial charge in [0, 0.05) is 0 Å². The first-order chi connectivity index (χ1) is 10.3. The number of quaternary nitrogens is 1. The fourth-order valence-corrected chi connectivity index (χ4v) is 3.16. The highest BCUT2D eigenvalue weighted by atomic mass is 79.9. The van der Waals surface area contributed by atoms with E-state index in [2.05, 4.69) is 33.0 Å². The maximum Gasteiger partial charge on any atom is 0.169 e. The van der Waals surface area contributed by atoms with Crippen molar-refractivity contribution in [2.45, 2.75) is 6.54 Å². The molecule has 0 saturated carbocycles. The summed E-state index contributed by atoms with van der Waals surface area (Å²) in [6.07, 6.45) is 0. The summed E-state index contributed by atoms with van der Waals surface area (Å²) in [7, 11) is 1.73. The van der Waals surface area contributed by atoms with Crippen LogP contribution in [0.25, 0.3) is 0 Å². The van der Waals surface area contributed by atoms with Gasteiger partial charge in [0.2, 0.25) is 0 Å². The number of para-hydroxylation sites is 2. The number of ether oxygens (including phenoxy) is 1. The summed E-state index contributed by atoms with van der Waals surface area (Å²) in [6, 6.07) is 12.2. The number of benzene rings is 1. The molecule has 1 fully saturated rings. The topological polar surface area (TPSA) is 30.1 Å². The van der Waals surface area contributed by atoms with Gasteiger partial charge >= 0.3 is 0 Å². The van der Waals surface area contributed by atoms with Crippen LogP contribution in [0.5, 0.6) is 5.75 Å². The smallest absolute Gasteiger partial charge is 0.169 e. The van der Waals surface area contributed by atoms with Crippen molar-refractivity contribution in [2.75, 3.05) is 38.2 Å². The third kappa shape index (κ3) is 3.41. The molecule has 0 spiro atoms. The van der Waals surface area contributed by atoms with Gasteiger partial charge in [0.05, 0.1) is 39.0 Å². The van der Waals surface area contributed by atoms with Crippen LogP contribution in [0, 0.1) is 0 Å². The van der Waals surface area contributed by atoms with E-state index in [1.165, 1.54) is 5.69 Å². The van der Waals surface area contributed by atoms with E-state index in [4.69, 9.17) is 9.15 Å². The molecule has 1 aliphatic rings. The summed E-state index contributed by atoms with van der Waals surface area (Å²) in [5.74, 6) is 2.00. The number of hydrogen-bond acceptors (Lipinski definition) is 3. The van der Waals surface area contributed by atoms with Crippen molar-refractivity contribution in [3.63, 3.8) is 0 Å². The Morgan fingerprint density at radius 2 is 1.95 bits per heavy atom. The van der Waals surface area contributed by atoms with Crippen molar-refractivity contribution in [1.29, 1.82) is 0 Å². The van der Waals surface area contributed by atoms with Gasteiger partial charge in [0.25, 0.3) is 0 Å². The van der Waals surface area contributed by atoms with Crippen LogP contribution in [0.15, 0.2) is 45.5 Å². The van der Waals surface area contributed by atoms with Crippen LogP contribution < -0.4 is 14.5 Å². The molecule has 3 rings (SSSR count). The van der Waals surface area contributed by atoms with E-state index in [1.807, 2.05) is 24.3 Å².